The van der Waals surface area contributed by atoms with E-state index < -0.39 is 10.0 Å². The third-order valence-corrected chi connectivity index (χ3v) is 7.27. The Morgan fingerprint density at radius 1 is 1.07 bits per heavy atom. The Morgan fingerprint density at radius 3 is 2.43 bits per heavy atom. The number of anilines is 1. The molecule has 0 aliphatic carbocycles. The van der Waals surface area contributed by atoms with Crippen LogP contribution >= 0.6 is 11.3 Å². The monoisotopic (exact) mass is 441 g/mol. The molecule has 1 amide bonds. The summed E-state index contributed by atoms with van der Waals surface area (Å²) in [6.45, 7) is 0.701. The molecule has 0 radical (unpaired) electrons. The number of rotatable bonds is 5. The molecule has 1 N–H and O–H groups in total. The van der Waals surface area contributed by atoms with Gasteiger partial charge in [-0.25, -0.2) is 17.7 Å². The van der Waals surface area contributed by atoms with Crippen molar-refractivity contribution < 1.29 is 13.2 Å². The average molecular weight is 442 g/mol. The number of nitrogens with one attached hydrogen (secondary N) is 1. The van der Waals surface area contributed by atoms with Crippen LogP contribution in [0, 0.1) is 5.92 Å². The summed E-state index contributed by atoms with van der Waals surface area (Å²) >= 11 is 1.37. The van der Waals surface area contributed by atoms with Crippen molar-refractivity contribution in [2.75, 3.05) is 24.7 Å². The van der Waals surface area contributed by atoms with Crippen LogP contribution in [0.25, 0.3) is 22.4 Å². The van der Waals surface area contributed by atoms with Crippen LogP contribution in [0.5, 0.6) is 0 Å². The Hall–Kier alpha value is -2.55. The summed E-state index contributed by atoms with van der Waals surface area (Å²) in [5, 5.41) is 5.30. The van der Waals surface area contributed by atoms with E-state index in [1.165, 1.54) is 21.9 Å². The molecule has 3 aromatic rings. The van der Waals surface area contributed by atoms with Gasteiger partial charge >= 0.3 is 0 Å². The minimum atomic E-state index is -3.28. The SMILES string of the molecule is CS(=O)(=O)N1CCCC(C(=O)Nc2nc(-c3ccc(-c4ccccc4)cc3)cs2)C1. The zero-order valence-electron chi connectivity index (χ0n) is 16.6. The Bertz CT molecular complexity index is 1130. The van der Waals surface area contributed by atoms with Gasteiger partial charge in [-0.1, -0.05) is 54.6 Å². The highest BCUT2D eigenvalue weighted by molar-refractivity contribution is 7.88. The van der Waals surface area contributed by atoms with Crippen molar-refractivity contribution in [2.45, 2.75) is 12.8 Å². The summed E-state index contributed by atoms with van der Waals surface area (Å²) in [4.78, 5) is 17.2. The van der Waals surface area contributed by atoms with Crippen molar-refractivity contribution in [3.05, 3.63) is 60.0 Å². The Morgan fingerprint density at radius 2 is 1.73 bits per heavy atom. The quantitative estimate of drug-likeness (QED) is 0.647. The maximum atomic E-state index is 12.6. The van der Waals surface area contributed by atoms with Crippen LogP contribution in [0.4, 0.5) is 5.13 Å². The molecule has 1 saturated heterocycles. The van der Waals surface area contributed by atoms with E-state index in [9.17, 15) is 13.2 Å². The molecule has 30 heavy (non-hydrogen) atoms. The van der Waals surface area contributed by atoms with Crippen molar-refractivity contribution in [3.63, 3.8) is 0 Å². The van der Waals surface area contributed by atoms with E-state index in [1.54, 1.807) is 0 Å². The van der Waals surface area contributed by atoms with E-state index in [0.29, 0.717) is 24.5 Å². The maximum absolute atomic E-state index is 12.6. The molecule has 8 heteroatoms. The van der Waals surface area contributed by atoms with Crippen LogP contribution in [0.3, 0.4) is 0 Å². The summed E-state index contributed by atoms with van der Waals surface area (Å²) in [7, 11) is -3.28. The molecule has 156 valence electrons. The minimum Gasteiger partial charge on any atom is -0.302 e. The largest absolute Gasteiger partial charge is 0.302 e. The van der Waals surface area contributed by atoms with Gasteiger partial charge in [-0.05, 0) is 24.0 Å². The summed E-state index contributed by atoms with van der Waals surface area (Å²) in [5.74, 6) is -0.533. The van der Waals surface area contributed by atoms with E-state index in [1.807, 2.05) is 35.7 Å². The van der Waals surface area contributed by atoms with Crippen LogP contribution in [0.1, 0.15) is 12.8 Å². The number of carbonyl (C=O) groups is 1. The van der Waals surface area contributed by atoms with Gasteiger partial charge in [0.05, 0.1) is 17.9 Å². The Balaban J connectivity index is 1.42. The van der Waals surface area contributed by atoms with E-state index in [2.05, 4.69) is 34.6 Å². The van der Waals surface area contributed by atoms with E-state index >= 15 is 0 Å². The van der Waals surface area contributed by atoms with Crippen LogP contribution in [0.2, 0.25) is 0 Å². The molecule has 1 fully saturated rings. The van der Waals surface area contributed by atoms with Gasteiger partial charge in [0, 0.05) is 24.0 Å². The van der Waals surface area contributed by atoms with Crippen molar-refractivity contribution >= 4 is 32.4 Å². The van der Waals surface area contributed by atoms with Gasteiger partial charge in [-0.2, -0.15) is 0 Å². The number of piperidine rings is 1. The highest BCUT2D eigenvalue weighted by Gasteiger charge is 2.30. The molecule has 0 saturated carbocycles. The lowest BCUT2D eigenvalue weighted by Crippen LogP contribution is -2.43. The van der Waals surface area contributed by atoms with Crippen LogP contribution in [-0.4, -0.2) is 43.0 Å². The molecule has 1 aliphatic rings. The summed E-state index contributed by atoms with van der Waals surface area (Å²) in [6.07, 6.45) is 2.54. The molecule has 2 heterocycles. The van der Waals surface area contributed by atoms with Gasteiger partial charge in [0.1, 0.15) is 0 Å². The summed E-state index contributed by atoms with van der Waals surface area (Å²) < 4.78 is 24.9. The summed E-state index contributed by atoms with van der Waals surface area (Å²) in [5.41, 5.74) is 4.07. The molecule has 6 nitrogen and oxygen atoms in total. The standard InChI is InChI=1S/C22H23N3O3S2/c1-30(27,28)25-13-5-8-19(14-25)21(26)24-22-23-20(15-29-22)18-11-9-17(10-12-18)16-6-3-2-4-7-16/h2-4,6-7,9-12,15,19H,5,8,13-14H2,1H3,(H,23,24,26). The van der Waals surface area contributed by atoms with Crippen molar-refractivity contribution in [2.24, 2.45) is 5.92 Å². The molecule has 1 aliphatic heterocycles. The van der Waals surface area contributed by atoms with Gasteiger partial charge in [-0.15, -0.1) is 11.3 Å². The molecular weight excluding hydrogens is 418 g/mol. The number of carbonyl (C=O) groups excluding carboxylic acids is 1. The zero-order valence-corrected chi connectivity index (χ0v) is 18.2. The lowest BCUT2D eigenvalue weighted by atomic mass is 9.99. The predicted molar refractivity (Wildman–Crippen MR) is 121 cm³/mol. The number of sulfonamides is 1. The molecule has 1 atom stereocenters. The first kappa shape index (κ1) is 20.7. The zero-order chi connectivity index (χ0) is 21.1. The average Bonchev–Trinajstić information content (AvgIpc) is 3.22. The second-order valence-corrected chi connectivity index (χ2v) is 10.3. The van der Waals surface area contributed by atoms with Crippen molar-refractivity contribution in [3.8, 4) is 22.4 Å². The van der Waals surface area contributed by atoms with Crippen LogP contribution in [-0.2, 0) is 14.8 Å². The fourth-order valence-corrected chi connectivity index (χ4v) is 5.23. The number of thiazole rings is 1. The van der Waals surface area contributed by atoms with Crippen molar-refractivity contribution in [1.29, 1.82) is 0 Å². The highest BCUT2D eigenvalue weighted by Crippen LogP contribution is 2.28. The smallest absolute Gasteiger partial charge is 0.230 e. The van der Waals surface area contributed by atoms with Crippen molar-refractivity contribution in [1.82, 2.24) is 9.29 Å². The Labute approximate surface area is 180 Å². The third-order valence-electron chi connectivity index (χ3n) is 5.25. The predicted octanol–water partition coefficient (Wildman–Crippen LogP) is 4.09. The van der Waals surface area contributed by atoms with Crippen LogP contribution < -0.4 is 5.32 Å². The fraction of sp³-hybridized carbons (Fsp3) is 0.273. The molecule has 0 bridgehead atoms. The Kier molecular flexibility index (Phi) is 5.99. The van der Waals surface area contributed by atoms with E-state index in [0.717, 1.165) is 22.4 Å². The summed E-state index contributed by atoms with van der Waals surface area (Å²) in [6, 6.07) is 18.3. The molecule has 1 aromatic heterocycles. The number of hydrogen-bond acceptors (Lipinski definition) is 5. The topological polar surface area (TPSA) is 79.4 Å². The molecule has 2 aromatic carbocycles. The van der Waals surface area contributed by atoms with E-state index in [4.69, 9.17) is 0 Å². The fourth-order valence-electron chi connectivity index (χ4n) is 3.59. The molecule has 4 rings (SSSR count). The van der Waals surface area contributed by atoms with E-state index in [-0.39, 0.29) is 18.4 Å². The first-order valence-corrected chi connectivity index (χ1v) is 12.5. The molecular formula is C22H23N3O3S2. The van der Waals surface area contributed by atoms with Crippen LogP contribution in [0.15, 0.2) is 60.0 Å². The first-order valence-electron chi connectivity index (χ1n) is 9.77. The first-order chi connectivity index (χ1) is 14.4. The van der Waals surface area contributed by atoms with Gasteiger partial charge in [0.15, 0.2) is 5.13 Å². The number of hydrogen-bond donors (Lipinski definition) is 1. The third kappa shape index (κ3) is 4.77. The van der Waals surface area contributed by atoms with Gasteiger partial charge in [0.2, 0.25) is 15.9 Å². The van der Waals surface area contributed by atoms with Gasteiger partial charge in [0.25, 0.3) is 0 Å². The normalized spacial score (nSPS) is 17.6. The van der Waals surface area contributed by atoms with Gasteiger partial charge in [-0.3, -0.25) is 4.79 Å². The molecule has 0 spiro atoms. The second-order valence-electron chi connectivity index (χ2n) is 7.43. The maximum Gasteiger partial charge on any atom is 0.230 e. The number of amides is 1. The number of nitrogens with zero attached hydrogens (tertiary/aromatic N) is 2. The van der Waals surface area contributed by atoms with Gasteiger partial charge < -0.3 is 5.32 Å². The lowest BCUT2D eigenvalue weighted by Gasteiger charge is -2.29. The second kappa shape index (κ2) is 8.67. The minimum absolute atomic E-state index is 0.177. The molecule has 1 unspecified atom stereocenters. The lowest BCUT2D eigenvalue weighted by molar-refractivity contribution is -0.120. The number of aromatic nitrogens is 1. The highest BCUT2D eigenvalue weighted by atomic mass is 32.2. The number of benzene rings is 2.